The van der Waals surface area contributed by atoms with Crippen LogP contribution in [0.5, 0.6) is 0 Å². The van der Waals surface area contributed by atoms with E-state index in [9.17, 15) is 4.79 Å². The number of aromatic nitrogens is 1. The summed E-state index contributed by atoms with van der Waals surface area (Å²) in [6.45, 7) is 7.42. The van der Waals surface area contributed by atoms with Gasteiger partial charge in [0.2, 0.25) is 0 Å². The van der Waals surface area contributed by atoms with Gasteiger partial charge in [-0.3, -0.25) is 4.98 Å². The van der Waals surface area contributed by atoms with E-state index < -0.39 is 0 Å². The maximum absolute atomic E-state index is 12.0. The van der Waals surface area contributed by atoms with E-state index in [1.165, 1.54) is 0 Å². The number of pyridine rings is 1. The molecule has 0 bridgehead atoms. The van der Waals surface area contributed by atoms with Crippen LogP contribution in [-0.2, 0) is 11.3 Å². The van der Waals surface area contributed by atoms with Crippen LogP contribution in [0, 0.1) is 5.41 Å². The summed E-state index contributed by atoms with van der Waals surface area (Å²) in [7, 11) is 1.67. The van der Waals surface area contributed by atoms with Crippen molar-refractivity contribution in [2.45, 2.75) is 39.8 Å². The lowest BCUT2D eigenvalue weighted by Crippen LogP contribution is -2.48. The van der Waals surface area contributed by atoms with Gasteiger partial charge in [-0.15, -0.1) is 0 Å². The van der Waals surface area contributed by atoms with E-state index in [-0.39, 0.29) is 17.5 Å². The summed E-state index contributed by atoms with van der Waals surface area (Å²) in [5.41, 5.74) is 0.969. The third kappa shape index (κ3) is 6.02. The Bertz CT molecular complexity index is 401. The molecule has 0 aromatic carbocycles. The second kappa shape index (κ2) is 7.85. The molecule has 0 radical (unpaired) electrons. The monoisotopic (exact) mass is 279 g/mol. The summed E-state index contributed by atoms with van der Waals surface area (Å²) in [6, 6.07) is 3.69. The van der Waals surface area contributed by atoms with Gasteiger partial charge in [0, 0.05) is 38.7 Å². The average Bonchev–Trinajstić information content (AvgIpc) is 2.41. The lowest BCUT2D eigenvalue weighted by Gasteiger charge is -2.31. The number of urea groups is 1. The number of hydrogen-bond donors (Lipinski definition) is 2. The SMILES string of the molecule is COCC[C@@H](NC(=O)NCc1cccnc1)C(C)(C)C. The van der Waals surface area contributed by atoms with Gasteiger partial charge in [0.05, 0.1) is 0 Å². The molecule has 1 rings (SSSR count). The highest BCUT2D eigenvalue weighted by Crippen LogP contribution is 2.21. The molecule has 5 nitrogen and oxygen atoms in total. The number of rotatable bonds is 6. The van der Waals surface area contributed by atoms with Gasteiger partial charge in [0.15, 0.2) is 0 Å². The summed E-state index contributed by atoms with van der Waals surface area (Å²) < 4.78 is 5.10. The van der Waals surface area contributed by atoms with Gasteiger partial charge in [0.1, 0.15) is 0 Å². The summed E-state index contributed by atoms with van der Waals surface area (Å²) >= 11 is 0. The van der Waals surface area contributed by atoms with Crippen LogP contribution < -0.4 is 10.6 Å². The lowest BCUT2D eigenvalue weighted by molar-refractivity contribution is 0.153. The molecule has 1 atom stereocenters. The number of methoxy groups -OCH3 is 1. The van der Waals surface area contributed by atoms with Crippen molar-refractivity contribution < 1.29 is 9.53 Å². The first-order chi connectivity index (χ1) is 9.43. The fraction of sp³-hybridized carbons (Fsp3) is 0.600. The molecular weight excluding hydrogens is 254 g/mol. The number of hydrogen-bond acceptors (Lipinski definition) is 3. The zero-order valence-electron chi connectivity index (χ0n) is 12.8. The van der Waals surface area contributed by atoms with Crippen molar-refractivity contribution in [1.29, 1.82) is 0 Å². The Labute approximate surface area is 121 Å². The fourth-order valence-corrected chi connectivity index (χ4v) is 1.85. The van der Waals surface area contributed by atoms with E-state index in [2.05, 4.69) is 36.4 Å². The van der Waals surface area contributed by atoms with Gasteiger partial charge in [-0.25, -0.2) is 4.79 Å². The molecule has 5 heteroatoms. The number of ether oxygens (including phenoxy) is 1. The van der Waals surface area contributed by atoms with Gasteiger partial charge in [0.25, 0.3) is 0 Å². The number of nitrogens with one attached hydrogen (secondary N) is 2. The minimum Gasteiger partial charge on any atom is -0.385 e. The van der Waals surface area contributed by atoms with Gasteiger partial charge in [-0.05, 0) is 23.5 Å². The highest BCUT2D eigenvalue weighted by Gasteiger charge is 2.25. The van der Waals surface area contributed by atoms with E-state index in [0.717, 1.165) is 12.0 Å². The highest BCUT2D eigenvalue weighted by molar-refractivity contribution is 5.74. The fourth-order valence-electron chi connectivity index (χ4n) is 1.85. The Balaban J connectivity index is 2.45. The molecule has 1 heterocycles. The largest absolute Gasteiger partial charge is 0.385 e. The second-order valence-electron chi connectivity index (χ2n) is 5.89. The van der Waals surface area contributed by atoms with Crippen molar-refractivity contribution in [2.24, 2.45) is 5.41 Å². The average molecular weight is 279 g/mol. The predicted molar refractivity (Wildman–Crippen MR) is 79.3 cm³/mol. The minimum atomic E-state index is -0.162. The molecule has 0 spiro atoms. The third-order valence-electron chi connectivity index (χ3n) is 3.14. The van der Waals surface area contributed by atoms with Gasteiger partial charge in [-0.2, -0.15) is 0 Å². The van der Waals surface area contributed by atoms with Crippen LogP contribution in [0.4, 0.5) is 4.79 Å². The second-order valence-corrected chi connectivity index (χ2v) is 5.89. The Morgan fingerprint density at radius 2 is 2.20 bits per heavy atom. The van der Waals surface area contributed by atoms with Crippen LogP contribution in [0.2, 0.25) is 0 Å². The molecule has 20 heavy (non-hydrogen) atoms. The van der Waals surface area contributed by atoms with Crippen LogP contribution in [0.1, 0.15) is 32.8 Å². The molecule has 0 aliphatic carbocycles. The first kappa shape index (κ1) is 16.4. The van der Waals surface area contributed by atoms with Crippen molar-refractivity contribution in [3.8, 4) is 0 Å². The first-order valence-corrected chi connectivity index (χ1v) is 6.85. The van der Waals surface area contributed by atoms with E-state index in [0.29, 0.717) is 13.2 Å². The van der Waals surface area contributed by atoms with E-state index >= 15 is 0 Å². The molecule has 112 valence electrons. The molecule has 0 aliphatic heterocycles. The van der Waals surface area contributed by atoms with Crippen LogP contribution in [-0.4, -0.2) is 30.8 Å². The maximum Gasteiger partial charge on any atom is 0.315 e. The molecule has 1 aromatic rings. The molecular formula is C15H25N3O2. The smallest absolute Gasteiger partial charge is 0.315 e. The zero-order chi connectivity index (χ0) is 15.0. The molecule has 1 aromatic heterocycles. The van der Waals surface area contributed by atoms with Crippen LogP contribution in [0.25, 0.3) is 0 Å². The summed E-state index contributed by atoms with van der Waals surface area (Å²) in [5.74, 6) is 0. The Morgan fingerprint density at radius 1 is 1.45 bits per heavy atom. The Morgan fingerprint density at radius 3 is 2.75 bits per heavy atom. The van der Waals surface area contributed by atoms with Gasteiger partial charge in [-0.1, -0.05) is 26.8 Å². The molecule has 2 N–H and O–H groups in total. The standard InChI is InChI=1S/C15H25N3O2/c1-15(2,3)13(7-9-20-4)18-14(19)17-11-12-6-5-8-16-10-12/h5-6,8,10,13H,7,9,11H2,1-4H3,(H2,17,18,19)/t13-/m1/s1. The van der Waals surface area contributed by atoms with Crippen LogP contribution in [0.3, 0.4) is 0 Å². The number of carbonyl (C=O) groups excluding carboxylic acids is 1. The van der Waals surface area contributed by atoms with E-state index in [1.807, 2.05) is 12.1 Å². The topological polar surface area (TPSA) is 63.2 Å². The third-order valence-corrected chi connectivity index (χ3v) is 3.14. The Hall–Kier alpha value is -1.62. The van der Waals surface area contributed by atoms with Crippen LogP contribution >= 0.6 is 0 Å². The quantitative estimate of drug-likeness (QED) is 0.840. The molecule has 0 saturated carbocycles. The number of amides is 2. The minimum absolute atomic E-state index is 0.00975. The molecule has 0 unspecified atom stereocenters. The van der Waals surface area contributed by atoms with E-state index in [1.54, 1.807) is 19.5 Å². The van der Waals surface area contributed by atoms with E-state index in [4.69, 9.17) is 4.74 Å². The molecule has 2 amide bonds. The first-order valence-electron chi connectivity index (χ1n) is 6.85. The maximum atomic E-state index is 12.0. The summed E-state index contributed by atoms with van der Waals surface area (Å²) in [5, 5.41) is 5.86. The van der Waals surface area contributed by atoms with Crippen LogP contribution in [0.15, 0.2) is 24.5 Å². The number of nitrogens with zero attached hydrogens (tertiary/aromatic N) is 1. The number of carbonyl (C=O) groups is 1. The van der Waals surface area contributed by atoms with Crippen molar-refractivity contribution in [3.05, 3.63) is 30.1 Å². The Kier molecular flexibility index (Phi) is 6.45. The zero-order valence-corrected chi connectivity index (χ0v) is 12.8. The molecule has 0 fully saturated rings. The molecule has 0 saturated heterocycles. The van der Waals surface area contributed by atoms with Gasteiger partial charge >= 0.3 is 6.03 Å². The highest BCUT2D eigenvalue weighted by atomic mass is 16.5. The van der Waals surface area contributed by atoms with Crippen molar-refractivity contribution >= 4 is 6.03 Å². The van der Waals surface area contributed by atoms with Crippen molar-refractivity contribution in [1.82, 2.24) is 15.6 Å². The summed E-state index contributed by atoms with van der Waals surface area (Å²) in [4.78, 5) is 16.0. The normalized spacial score (nSPS) is 12.8. The predicted octanol–water partition coefficient (Wildman–Crippen LogP) is 2.33. The lowest BCUT2D eigenvalue weighted by atomic mass is 9.85. The summed E-state index contributed by atoms with van der Waals surface area (Å²) in [6.07, 6.45) is 4.25. The van der Waals surface area contributed by atoms with Crippen molar-refractivity contribution in [3.63, 3.8) is 0 Å². The van der Waals surface area contributed by atoms with Gasteiger partial charge < -0.3 is 15.4 Å². The molecule has 0 aliphatic rings. The van der Waals surface area contributed by atoms with Crippen molar-refractivity contribution in [2.75, 3.05) is 13.7 Å².